The van der Waals surface area contributed by atoms with Crippen molar-refractivity contribution >= 4 is 15.9 Å². The van der Waals surface area contributed by atoms with E-state index in [-0.39, 0.29) is 11.9 Å². The largest absolute Gasteiger partial charge is 0.349 e. The van der Waals surface area contributed by atoms with Gasteiger partial charge in [0.25, 0.3) is 0 Å². The van der Waals surface area contributed by atoms with Crippen LogP contribution >= 0.6 is 15.9 Å². The van der Waals surface area contributed by atoms with Crippen LogP contribution in [0.2, 0.25) is 0 Å². The molecule has 102 valence electrons. The lowest BCUT2D eigenvalue weighted by atomic mass is 10.0. The van der Waals surface area contributed by atoms with Crippen LogP contribution in [-0.4, -0.2) is 16.5 Å². The van der Waals surface area contributed by atoms with Crippen molar-refractivity contribution in [1.82, 2.24) is 15.3 Å². The molecule has 3 nitrogen and oxygen atoms in total. The number of hydrogen-bond donors (Lipinski definition) is 2. The average molecular weight is 326 g/mol. The lowest BCUT2D eigenvalue weighted by molar-refractivity contribution is 0.488. The Kier molecular flexibility index (Phi) is 5.10. The van der Waals surface area contributed by atoms with Crippen molar-refractivity contribution in [3.63, 3.8) is 0 Å². The van der Waals surface area contributed by atoms with E-state index in [0.717, 1.165) is 18.8 Å². The second-order valence-corrected chi connectivity index (χ2v) is 5.24. The van der Waals surface area contributed by atoms with E-state index >= 15 is 0 Å². The van der Waals surface area contributed by atoms with Gasteiger partial charge in [-0.3, -0.25) is 0 Å². The molecule has 0 saturated heterocycles. The van der Waals surface area contributed by atoms with E-state index < -0.39 is 0 Å². The Morgan fingerprint density at radius 3 is 3.00 bits per heavy atom. The predicted octanol–water partition coefficient (Wildman–Crippen LogP) is 3.59. The van der Waals surface area contributed by atoms with Crippen molar-refractivity contribution < 1.29 is 4.39 Å². The highest BCUT2D eigenvalue weighted by atomic mass is 79.9. The van der Waals surface area contributed by atoms with Crippen LogP contribution in [0.15, 0.2) is 35.1 Å². The number of aromatic amines is 1. The third-order valence-corrected chi connectivity index (χ3v) is 3.56. The molecule has 1 aromatic carbocycles. The van der Waals surface area contributed by atoms with Gasteiger partial charge in [0.1, 0.15) is 11.6 Å². The lowest BCUT2D eigenvalue weighted by Crippen LogP contribution is -2.25. The number of imidazole rings is 1. The molecule has 0 fully saturated rings. The van der Waals surface area contributed by atoms with E-state index in [2.05, 4.69) is 38.1 Å². The van der Waals surface area contributed by atoms with Gasteiger partial charge in [0.15, 0.2) is 0 Å². The van der Waals surface area contributed by atoms with Crippen LogP contribution in [0.1, 0.15) is 30.8 Å². The number of aromatic nitrogens is 2. The topological polar surface area (TPSA) is 40.7 Å². The highest BCUT2D eigenvalue weighted by Crippen LogP contribution is 2.25. The molecule has 0 radical (unpaired) electrons. The second kappa shape index (κ2) is 6.82. The number of nitrogens with zero attached hydrogens (tertiary/aromatic N) is 1. The first-order valence-electron chi connectivity index (χ1n) is 6.38. The van der Waals surface area contributed by atoms with Crippen LogP contribution in [0, 0.1) is 5.82 Å². The maximum absolute atomic E-state index is 14.2. The summed E-state index contributed by atoms with van der Waals surface area (Å²) >= 11 is 3.23. The van der Waals surface area contributed by atoms with Gasteiger partial charge in [-0.25, -0.2) is 9.37 Å². The van der Waals surface area contributed by atoms with E-state index in [1.165, 1.54) is 0 Å². The van der Waals surface area contributed by atoms with Crippen molar-refractivity contribution in [2.75, 3.05) is 6.54 Å². The number of nitrogens with one attached hydrogen (secondary N) is 2. The summed E-state index contributed by atoms with van der Waals surface area (Å²) in [6.07, 6.45) is 5.14. The first-order chi connectivity index (χ1) is 9.22. The van der Waals surface area contributed by atoms with Crippen molar-refractivity contribution in [3.8, 4) is 0 Å². The monoisotopic (exact) mass is 325 g/mol. The van der Waals surface area contributed by atoms with Crippen LogP contribution in [0.25, 0.3) is 0 Å². The fraction of sp³-hybridized carbons (Fsp3) is 0.357. The fourth-order valence-electron chi connectivity index (χ4n) is 2.00. The summed E-state index contributed by atoms with van der Waals surface area (Å²) < 4.78 is 14.7. The molecule has 0 amide bonds. The van der Waals surface area contributed by atoms with Crippen molar-refractivity contribution in [2.24, 2.45) is 0 Å². The quantitative estimate of drug-likeness (QED) is 0.852. The molecule has 0 aliphatic heterocycles. The molecule has 1 atom stereocenters. The molecule has 0 saturated carbocycles. The Labute approximate surface area is 120 Å². The Morgan fingerprint density at radius 1 is 1.47 bits per heavy atom. The number of rotatable bonds is 6. The van der Waals surface area contributed by atoms with Gasteiger partial charge in [0.05, 0.1) is 4.47 Å². The molecule has 0 aliphatic carbocycles. The van der Waals surface area contributed by atoms with Gasteiger partial charge in [-0.2, -0.15) is 0 Å². The molecule has 2 N–H and O–H groups in total. The normalized spacial score (nSPS) is 12.6. The predicted molar refractivity (Wildman–Crippen MR) is 77.4 cm³/mol. The Balaban J connectivity index is 2.23. The highest BCUT2D eigenvalue weighted by Gasteiger charge is 2.18. The molecule has 1 unspecified atom stereocenters. The van der Waals surface area contributed by atoms with Gasteiger partial charge < -0.3 is 10.3 Å². The molecule has 0 bridgehead atoms. The summed E-state index contributed by atoms with van der Waals surface area (Å²) in [5.41, 5.74) is 0.666. The smallest absolute Gasteiger partial charge is 0.142 e. The maximum atomic E-state index is 14.2. The number of benzene rings is 1. The standard InChI is InChI=1S/C14H17BrFN3/c1-2-6-17-12(9-13-18-7-8-19-13)10-4-3-5-11(15)14(10)16/h3-5,7-8,12,17H,2,6,9H2,1H3,(H,18,19). The van der Waals surface area contributed by atoms with Crippen LogP contribution in [0.5, 0.6) is 0 Å². The number of halogens is 2. The van der Waals surface area contributed by atoms with Crippen LogP contribution in [0.4, 0.5) is 4.39 Å². The van der Waals surface area contributed by atoms with E-state index in [1.807, 2.05) is 12.1 Å². The van der Waals surface area contributed by atoms with Gasteiger partial charge in [0, 0.05) is 30.4 Å². The summed E-state index contributed by atoms with van der Waals surface area (Å²) in [6.45, 7) is 2.94. The maximum Gasteiger partial charge on any atom is 0.142 e. The molecule has 0 spiro atoms. The van der Waals surface area contributed by atoms with Gasteiger partial charge in [-0.05, 0) is 35.0 Å². The van der Waals surface area contributed by atoms with Crippen molar-refractivity contribution in [2.45, 2.75) is 25.8 Å². The summed E-state index contributed by atoms with van der Waals surface area (Å²) in [5.74, 6) is 0.649. The zero-order valence-electron chi connectivity index (χ0n) is 10.8. The van der Waals surface area contributed by atoms with Crippen molar-refractivity contribution in [1.29, 1.82) is 0 Å². The van der Waals surface area contributed by atoms with Gasteiger partial charge in [0.2, 0.25) is 0 Å². The SMILES string of the molecule is CCCNC(Cc1ncc[nH]1)c1cccc(Br)c1F. The van der Waals surface area contributed by atoms with Gasteiger partial charge in [-0.15, -0.1) is 0 Å². The van der Waals surface area contributed by atoms with Crippen LogP contribution in [-0.2, 0) is 6.42 Å². The second-order valence-electron chi connectivity index (χ2n) is 4.39. The van der Waals surface area contributed by atoms with Crippen LogP contribution < -0.4 is 5.32 Å². The van der Waals surface area contributed by atoms with Gasteiger partial charge >= 0.3 is 0 Å². The molecule has 1 heterocycles. The third kappa shape index (κ3) is 3.64. The number of H-pyrrole nitrogens is 1. The first-order valence-corrected chi connectivity index (χ1v) is 7.17. The van der Waals surface area contributed by atoms with E-state index in [1.54, 1.807) is 18.5 Å². The van der Waals surface area contributed by atoms with Crippen LogP contribution in [0.3, 0.4) is 0 Å². The summed E-state index contributed by atoms with van der Waals surface area (Å²) in [5, 5.41) is 3.37. The number of hydrogen-bond acceptors (Lipinski definition) is 2. The highest BCUT2D eigenvalue weighted by molar-refractivity contribution is 9.10. The van der Waals surface area contributed by atoms with E-state index in [4.69, 9.17) is 0 Å². The molecular weight excluding hydrogens is 309 g/mol. The molecule has 19 heavy (non-hydrogen) atoms. The minimum atomic E-state index is -0.206. The molecule has 2 rings (SSSR count). The van der Waals surface area contributed by atoms with Crippen molar-refractivity contribution in [3.05, 3.63) is 52.3 Å². The summed E-state index contributed by atoms with van der Waals surface area (Å²) in [7, 11) is 0. The minimum absolute atomic E-state index is 0.0800. The molecule has 5 heteroatoms. The van der Waals surface area contributed by atoms with E-state index in [0.29, 0.717) is 16.5 Å². The van der Waals surface area contributed by atoms with E-state index in [9.17, 15) is 4.39 Å². The Hall–Kier alpha value is -1.20. The average Bonchev–Trinajstić information content (AvgIpc) is 2.91. The third-order valence-electron chi connectivity index (χ3n) is 2.95. The minimum Gasteiger partial charge on any atom is -0.349 e. The Morgan fingerprint density at radius 2 is 2.32 bits per heavy atom. The zero-order chi connectivity index (χ0) is 13.7. The van der Waals surface area contributed by atoms with Gasteiger partial charge in [-0.1, -0.05) is 19.1 Å². The molecule has 0 aliphatic rings. The summed E-state index contributed by atoms with van der Waals surface area (Å²) in [4.78, 5) is 7.27. The molecule has 2 aromatic rings. The fourth-order valence-corrected chi connectivity index (χ4v) is 2.38. The lowest BCUT2D eigenvalue weighted by Gasteiger charge is -2.19. The molecular formula is C14H17BrFN3. The zero-order valence-corrected chi connectivity index (χ0v) is 12.4. The molecule has 1 aromatic heterocycles. The Bertz CT molecular complexity index is 513. The summed E-state index contributed by atoms with van der Waals surface area (Å²) in [6, 6.07) is 5.30. The first kappa shape index (κ1) is 14.2.